The molecular weight excluding hydrogens is 618 g/mol. The van der Waals surface area contributed by atoms with Crippen molar-refractivity contribution in [3.05, 3.63) is 81.2 Å². The molecule has 12 heteroatoms. The van der Waals surface area contributed by atoms with Gasteiger partial charge in [0.05, 0.1) is 0 Å². The predicted octanol–water partition coefficient (Wildman–Crippen LogP) is 4.20. The number of halogens is 2. The van der Waals surface area contributed by atoms with Crippen LogP contribution in [0.3, 0.4) is 0 Å². The number of carbonyl (C=O) groups excluding carboxylic acids is 2. The quantitative estimate of drug-likeness (QED) is 0.401. The fourth-order valence-electron chi connectivity index (χ4n) is 3.55. The van der Waals surface area contributed by atoms with Gasteiger partial charge in [0.2, 0.25) is 12.7 Å². The van der Waals surface area contributed by atoms with Crippen LogP contribution >= 0.6 is 31.9 Å². The van der Waals surface area contributed by atoms with Crippen LogP contribution in [0, 0.1) is 0 Å². The van der Waals surface area contributed by atoms with E-state index in [4.69, 9.17) is 9.47 Å². The maximum atomic E-state index is 13.5. The molecule has 2 N–H and O–H groups in total. The van der Waals surface area contributed by atoms with Crippen LogP contribution in [0.25, 0.3) is 0 Å². The molecule has 0 aliphatic carbocycles. The van der Waals surface area contributed by atoms with Gasteiger partial charge in [-0.2, -0.15) is 0 Å². The molecule has 36 heavy (non-hydrogen) atoms. The highest BCUT2D eigenvalue weighted by atomic mass is 79.9. The van der Waals surface area contributed by atoms with Gasteiger partial charge >= 0.3 is 6.03 Å². The van der Waals surface area contributed by atoms with Gasteiger partial charge in [-0.05, 0) is 51.8 Å². The summed E-state index contributed by atoms with van der Waals surface area (Å²) in [6, 6.07) is 16.6. The van der Waals surface area contributed by atoms with Gasteiger partial charge < -0.3 is 19.7 Å². The number of carbonyl (C=O) groups is 2. The van der Waals surface area contributed by atoms with Gasteiger partial charge in [0.25, 0.3) is 10.0 Å². The van der Waals surface area contributed by atoms with Gasteiger partial charge in [-0.15, -0.1) is 0 Å². The Morgan fingerprint density at radius 3 is 2.47 bits per heavy atom. The number of rotatable bonds is 7. The zero-order valence-electron chi connectivity index (χ0n) is 18.9. The van der Waals surface area contributed by atoms with Crippen LogP contribution in [0.5, 0.6) is 11.5 Å². The van der Waals surface area contributed by atoms with Crippen molar-refractivity contribution in [2.75, 3.05) is 18.7 Å². The number of urea groups is 1. The van der Waals surface area contributed by atoms with Gasteiger partial charge in [0, 0.05) is 34.2 Å². The van der Waals surface area contributed by atoms with E-state index >= 15 is 0 Å². The molecule has 188 valence electrons. The highest BCUT2D eigenvalue weighted by Crippen LogP contribution is 2.35. The Bertz CT molecular complexity index is 1400. The van der Waals surface area contributed by atoms with Gasteiger partial charge in [-0.3, -0.25) is 4.79 Å². The summed E-state index contributed by atoms with van der Waals surface area (Å²) in [5.74, 6) is 0.624. The molecular formula is C24H21Br2N3O6S. The van der Waals surface area contributed by atoms with Crippen molar-refractivity contribution in [3.8, 4) is 11.5 Å². The molecule has 0 spiro atoms. The Morgan fingerprint density at radius 2 is 1.72 bits per heavy atom. The molecule has 0 saturated heterocycles. The lowest BCUT2D eigenvalue weighted by atomic mass is 10.0. The Kier molecular flexibility index (Phi) is 7.86. The predicted molar refractivity (Wildman–Crippen MR) is 141 cm³/mol. The second kappa shape index (κ2) is 10.9. The number of benzene rings is 3. The average Bonchev–Trinajstić information content (AvgIpc) is 3.32. The van der Waals surface area contributed by atoms with E-state index in [1.165, 1.54) is 11.0 Å². The fourth-order valence-corrected chi connectivity index (χ4v) is 5.97. The summed E-state index contributed by atoms with van der Waals surface area (Å²) in [6.45, 7) is 0.0946. The molecule has 1 heterocycles. The third-order valence-corrected chi connectivity index (χ3v) is 8.19. The van der Waals surface area contributed by atoms with Crippen molar-refractivity contribution in [2.24, 2.45) is 0 Å². The van der Waals surface area contributed by atoms with Crippen LogP contribution in [-0.4, -0.2) is 40.2 Å². The van der Waals surface area contributed by atoms with Gasteiger partial charge in [-0.1, -0.05) is 46.3 Å². The number of ether oxygens (including phenoxy) is 2. The van der Waals surface area contributed by atoms with Crippen molar-refractivity contribution in [3.63, 3.8) is 0 Å². The molecule has 0 fully saturated rings. The summed E-state index contributed by atoms with van der Waals surface area (Å²) in [7, 11) is -2.67. The topological polar surface area (TPSA) is 114 Å². The zero-order valence-corrected chi connectivity index (χ0v) is 22.9. The lowest BCUT2D eigenvalue weighted by molar-refractivity contribution is -0.120. The molecule has 3 aromatic rings. The first-order valence-electron chi connectivity index (χ1n) is 10.6. The first-order valence-corrected chi connectivity index (χ1v) is 13.7. The molecule has 0 aromatic heterocycles. The number of fused-ring (bicyclic) bond motifs is 1. The minimum Gasteiger partial charge on any atom is -0.454 e. The van der Waals surface area contributed by atoms with Gasteiger partial charge in [0.1, 0.15) is 10.9 Å². The maximum absolute atomic E-state index is 13.5. The summed E-state index contributed by atoms with van der Waals surface area (Å²) in [5.41, 5.74) is 1.31. The largest absolute Gasteiger partial charge is 0.454 e. The first-order chi connectivity index (χ1) is 17.1. The number of sulfonamides is 1. The van der Waals surface area contributed by atoms with Gasteiger partial charge in [0.15, 0.2) is 11.5 Å². The third-order valence-electron chi connectivity index (χ3n) is 5.37. The number of anilines is 1. The minimum absolute atomic E-state index is 0.0946. The van der Waals surface area contributed by atoms with Crippen LogP contribution in [0.15, 0.2) is 80.6 Å². The van der Waals surface area contributed by atoms with Crippen molar-refractivity contribution in [2.45, 2.75) is 17.4 Å². The molecule has 0 radical (unpaired) electrons. The number of nitrogens with one attached hydrogen (secondary N) is 2. The van der Waals surface area contributed by atoms with E-state index in [0.717, 1.165) is 5.56 Å². The van der Waals surface area contributed by atoms with Crippen LogP contribution in [0.1, 0.15) is 5.56 Å². The minimum atomic E-state index is -4.23. The number of likely N-dealkylation sites (N-methyl/N-ethyl adjacent to an activating group) is 1. The van der Waals surface area contributed by atoms with E-state index in [1.54, 1.807) is 37.4 Å². The summed E-state index contributed by atoms with van der Waals surface area (Å²) in [5, 5.41) is 2.52. The Balaban J connectivity index is 1.55. The molecule has 0 saturated carbocycles. The van der Waals surface area contributed by atoms with Crippen molar-refractivity contribution < 1.29 is 27.5 Å². The van der Waals surface area contributed by atoms with E-state index in [-0.39, 0.29) is 22.6 Å². The van der Waals surface area contributed by atoms with Crippen molar-refractivity contribution in [1.29, 1.82) is 0 Å². The molecule has 3 aromatic carbocycles. The molecule has 0 bridgehead atoms. The number of amides is 3. The summed E-state index contributed by atoms with van der Waals surface area (Å²) < 4.78 is 39.2. The molecule has 1 atom stereocenters. The second-order valence-electron chi connectivity index (χ2n) is 7.83. The standard InChI is InChI=1S/C24H21Br2N3O6S/c1-29(17-8-10-20-21(13-17)35-14-34-20)23(30)19(11-15-5-3-2-4-6-15)27-24(31)28-36(32,33)22-12-16(25)7-9-18(22)26/h2-10,12-13,19H,11,14H2,1H3,(H2,27,28,31). The van der Waals surface area contributed by atoms with E-state index in [0.29, 0.717) is 21.7 Å². The van der Waals surface area contributed by atoms with E-state index in [1.807, 2.05) is 35.1 Å². The van der Waals surface area contributed by atoms with Crippen LogP contribution < -0.4 is 24.4 Å². The van der Waals surface area contributed by atoms with Crippen molar-refractivity contribution in [1.82, 2.24) is 10.0 Å². The van der Waals surface area contributed by atoms with Gasteiger partial charge in [-0.25, -0.2) is 17.9 Å². The smallest absolute Gasteiger partial charge is 0.329 e. The Hall–Kier alpha value is -3.09. The Labute approximate surface area is 225 Å². The molecule has 4 rings (SSSR count). The summed E-state index contributed by atoms with van der Waals surface area (Å²) in [4.78, 5) is 27.5. The number of hydrogen-bond donors (Lipinski definition) is 2. The highest BCUT2D eigenvalue weighted by Gasteiger charge is 2.29. The van der Waals surface area contributed by atoms with E-state index in [2.05, 4.69) is 37.2 Å². The van der Waals surface area contributed by atoms with E-state index < -0.39 is 28.0 Å². The number of hydrogen-bond acceptors (Lipinski definition) is 6. The third kappa shape index (κ3) is 6.00. The fraction of sp³-hybridized carbons (Fsp3) is 0.167. The van der Waals surface area contributed by atoms with Crippen molar-refractivity contribution >= 4 is 59.5 Å². The van der Waals surface area contributed by atoms with Crippen LogP contribution in [-0.2, 0) is 21.2 Å². The highest BCUT2D eigenvalue weighted by molar-refractivity contribution is 9.11. The SMILES string of the molecule is CN(C(=O)C(Cc1ccccc1)NC(=O)NS(=O)(=O)c1cc(Br)ccc1Br)c1ccc2c(c1)OCO2. The maximum Gasteiger partial charge on any atom is 0.329 e. The van der Waals surface area contributed by atoms with E-state index in [9.17, 15) is 18.0 Å². The molecule has 9 nitrogen and oxygen atoms in total. The monoisotopic (exact) mass is 637 g/mol. The van der Waals surface area contributed by atoms with Crippen LogP contribution in [0.4, 0.5) is 10.5 Å². The Morgan fingerprint density at radius 1 is 1.00 bits per heavy atom. The lowest BCUT2D eigenvalue weighted by Crippen LogP contribution is -2.52. The molecule has 1 aliphatic heterocycles. The molecule has 1 unspecified atom stereocenters. The first kappa shape index (κ1) is 26.0. The second-order valence-corrected chi connectivity index (χ2v) is 11.3. The summed E-state index contributed by atoms with van der Waals surface area (Å²) in [6.07, 6.45) is 0.141. The molecule has 1 aliphatic rings. The normalized spacial score (nSPS) is 13.1. The molecule has 3 amide bonds. The van der Waals surface area contributed by atoms with Crippen LogP contribution in [0.2, 0.25) is 0 Å². The number of nitrogens with zero attached hydrogens (tertiary/aromatic N) is 1. The lowest BCUT2D eigenvalue weighted by Gasteiger charge is -2.25. The zero-order chi connectivity index (χ0) is 25.9. The average molecular weight is 639 g/mol. The summed E-state index contributed by atoms with van der Waals surface area (Å²) >= 11 is 6.42.